The fraction of sp³-hybridized carbons (Fsp3) is 0.267. The Hall–Kier alpha value is -2.95. The highest BCUT2D eigenvalue weighted by atomic mass is 19.4. The Morgan fingerprint density at radius 1 is 1.23 bits per heavy atom. The van der Waals surface area contributed by atoms with Gasteiger partial charge < -0.3 is 15.2 Å². The number of halogens is 4. The third-order valence-corrected chi connectivity index (χ3v) is 3.32. The van der Waals surface area contributed by atoms with Crippen molar-refractivity contribution in [2.45, 2.75) is 12.3 Å². The van der Waals surface area contributed by atoms with E-state index in [0.717, 1.165) is 16.9 Å². The summed E-state index contributed by atoms with van der Waals surface area (Å²) in [7, 11) is 0. The second kappa shape index (κ2) is 7.12. The van der Waals surface area contributed by atoms with Crippen LogP contribution in [0.3, 0.4) is 0 Å². The molecule has 0 aliphatic heterocycles. The summed E-state index contributed by atoms with van der Waals surface area (Å²) in [4.78, 5) is 7.03. The molecule has 26 heavy (non-hydrogen) atoms. The number of nitrogens with one attached hydrogen (secondary N) is 1. The third kappa shape index (κ3) is 4.17. The molecule has 0 spiro atoms. The molecule has 0 saturated heterocycles. The number of alkyl halides is 3. The van der Waals surface area contributed by atoms with Gasteiger partial charge in [0.05, 0.1) is 0 Å². The Morgan fingerprint density at radius 2 is 1.96 bits per heavy atom. The minimum Gasteiger partial charge on any atom is -0.491 e. The first-order chi connectivity index (χ1) is 12.3. The van der Waals surface area contributed by atoms with Gasteiger partial charge in [-0.15, -0.1) is 0 Å². The quantitative estimate of drug-likeness (QED) is 0.646. The summed E-state index contributed by atoms with van der Waals surface area (Å²) in [5.74, 6) is -0.318. The molecule has 0 bridgehead atoms. The highest BCUT2D eigenvalue weighted by molar-refractivity contribution is 5.45. The normalized spacial score (nSPS) is 13.0. The molecular formula is C15H13F4N5O2. The Bertz CT molecular complexity index is 882. The van der Waals surface area contributed by atoms with Crippen LogP contribution in [-0.2, 0) is 6.18 Å². The van der Waals surface area contributed by atoms with Crippen LogP contribution in [0.2, 0.25) is 0 Å². The van der Waals surface area contributed by atoms with Gasteiger partial charge in [0.25, 0.3) is 5.78 Å². The van der Waals surface area contributed by atoms with E-state index < -0.39 is 23.8 Å². The molecule has 1 unspecified atom stereocenters. The average Bonchev–Trinajstić information content (AvgIpc) is 3.07. The number of fused-ring (bicyclic) bond motifs is 1. The zero-order chi connectivity index (χ0) is 18.7. The first-order valence-electron chi connectivity index (χ1n) is 7.41. The minimum absolute atomic E-state index is 0.0272. The van der Waals surface area contributed by atoms with E-state index in [1.54, 1.807) is 0 Å². The van der Waals surface area contributed by atoms with Gasteiger partial charge in [0.1, 0.15) is 36.4 Å². The monoisotopic (exact) mass is 371 g/mol. The number of hydrogen-bond acceptors (Lipinski definition) is 6. The molecule has 3 aromatic rings. The Kier molecular flexibility index (Phi) is 4.89. The summed E-state index contributed by atoms with van der Waals surface area (Å²) in [5.41, 5.74) is -1.13. The molecule has 1 atom stereocenters. The first-order valence-corrected chi connectivity index (χ1v) is 7.41. The van der Waals surface area contributed by atoms with Gasteiger partial charge >= 0.3 is 6.18 Å². The van der Waals surface area contributed by atoms with Gasteiger partial charge in [-0.3, -0.25) is 0 Å². The van der Waals surface area contributed by atoms with E-state index >= 15 is 0 Å². The zero-order valence-corrected chi connectivity index (χ0v) is 13.1. The fourth-order valence-corrected chi connectivity index (χ4v) is 2.09. The average molecular weight is 371 g/mol. The van der Waals surface area contributed by atoms with Crippen molar-refractivity contribution < 1.29 is 27.4 Å². The van der Waals surface area contributed by atoms with Crippen molar-refractivity contribution in [3.05, 3.63) is 48.2 Å². The van der Waals surface area contributed by atoms with Crippen LogP contribution in [0.25, 0.3) is 5.78 Å². The molecule has 2 N–H and O–H groups in total. The summed E-state index contributed by atoms with van der Waals surface area (Å²) in [6.07, 6.45) is -4.61. The number of benzene rings is 1. The van der Waals surface area contributed by atoms with Crippen molar-refractivity contribution in [1.82, 2.24) is 19.6 Å². The van der Waals surface area contributed by atoms with E-state index in [1.807, 2.05) is 0 Å². The molecule has 0 saturated carbocycles. The van der Waals surface area contributed by atoms with Crippen LogP contribution in [0, 0.1) is 5.82 Å². The predicted molar refractivity (Wildman–Crippen MR) is 82.2 cm³/mol. The lowest BCUT2D eigenvalue weighted by atomic mass is 10.3. The van der Waals surface area contributed by atoms with Crippen LogP contribution >= 0.6 is 0 Å². The molecule has 0 amide bonds. The number of ether oxygens (including phenoxy) is 1. The van der Waals surface area contributed by atoms with E-state index in [0.29, 0.717) is 5.75 Å². The summed E-state index contributed by atoms with van der Waals surface area (Å²) >= 11 is 0. The second-order valence-electron chi connectivity index (χ2n) is 5.30. The van der Waals surface area contributed by atoms with E-state index in [9.17, 15) is 22.7 Å². The summed E-state index contributed by atoms with van der Waals surface area (Å²) in [5, 5.41) is 16.4. The molecule has 138 valence electrons. The van der Waals surface area contributed by atoms with Gasteiger partial charge in [-0.25, -0.2) is 9.37 Å². The Balaban J connectivity index is 1.65. The molecule has 3 rings (SSSR count). The Labute approximate surface area is 144 Å². The number of aliphatic hydroxyl groups excluding tert-OH is 1. The number of aromatic nitrogens is 4. The van der Waals surface area contributed by atoms with Crippen molar-refractivity contribution in [2.75, 3.05) is 18.5 Å². The van der Waals surface area contributed by atoms with Crippen molar-refractivity contribution in [2.24, 2.45) is 0 Å². The van der Waals surface area contributed by atoms with Gasteiger partial charge in [0.2, 0.25) is 0 Å². The second-order valence-corrected chi connectivity index (χ2v) is 5.30. The largest absolute Gasteiger partial charge is 0.491 e. The topological polar surface area (TPSA) is 84.6 Å². The number of rotatable bonds is 6. The van der Waals surface area contributed by atoms with Gasteiger partial charge in [0, 0.05) is 12.6 Å². The molecule has 1 aromatic carbocycles. The van der Waals surface area contributed by atoms with Crippen LogP contribution in [0.5, 0.6) is 5.75 Å². The highest BCUT2D eigenvalue weighted by Crippen LogP contribution is 2.29. The van der Waals surface area contributed by atoms with Gasteiger partial charge in [-0.05, 0) is 24.3 Å². The number of aliphatic hydroxyl groups is 1. The van der Waals surface area contributed by atoms with Crippen LogP contribution < -0.4 is 10.1 Å². The maximum Gasteiger partial charge on any atom is 0.433 e. The van der Waals surface area contributed by atoms with Gasteiger partial charge in [0.15, 0.2) is 5.69 Å². The molecule has 2 heterocycles. The van der Waals surface area contributed by atoms with Crippen molar-refractivity contribution in [3.63, 3.8) is 0 Å². The molecule has 2 aromatic heterocycles. The number of hydrogen-bond donors (Lipinski definition) is 2. The van der Waals surface area contributed by atoms with E-state index in [4.69, 9.17) is 4.74 Å². The number of nitrogens with zero attached hydrogens (tertiary/aromatic N) is 4. The van der Waals surface area contributed by atoms with Gasteiger partial charge in [-0.1, -0.05) is 0 Å². The summed E-state index contributed by atoms with van der Waals surface area (Å²) in [6, 6.07) is 5.98. The van der Waals surface area contributed by atoms with Crippen molar-refractivity contribution in [1.29, 1.82) is 0 Å². The van der Waals surface area contributed by atoms with E-state index in [2.05, 4.69) is 20.4 Å². The maximum absolute atomic E-state index is 12.9. The highest BCUT2D eigenvalue weighted by Gasteiger charge is 2.34. The maximum atomic E-state index is 12.9. The smallest absolute Gasteiger partial charge is 0.433 e. The molecule has 11 heteroatoms. The van der Waals surface area contributed by atoms with Crippen LogP contribution in [0.15, 0.2) is 36.7 Å². The lowest BCUT2D eigenvalue weighted by Gasteiger charge is -2.15. The lowest BCUT2D eigenvalue weighted by Crippen LogP contribution is -2.27. The zero-order valence-electron chi connectivity index (χ0n) is 13.1. The van der Waals surface area contributed by atoms with Gasteiger partial charge in [-0.2, -0.15) is 27.8 Å². The van der Waals surface area contributed by atoms with Crippen LogP contribution in [0.4, 0.5) is 23.4 Å². The molecule has 0 fully saturated rings. The van der Waals surface area contributed by atoms with E-state index in [-0.39, 0.29) is 24.7 Å². The summed E-state index contributed by atoms with van der Waals surface area (Å²) < 4.78 is 57.8. The van der Waals surface area contributed by atoms with Crippen molar-refractivity contribution in [3.8, 4) is 5.75 Å². The molecule has 7 nitrogen and oxygen atoms in total. The van der Waals surface area contributed by atoms with E-state index in [1.165, 1.54) is 24.3 Å². The molecule has 0 aliphatic rings. The number of anilines is 1. The molecule has 0 aliphatic carbocycles. The third-order valence-electron chi connectivity index (χ3n) is 3.32. The molecule has 0 radical (unpaired) electrons. The first kappa shape index (κ1) is 17.9. The molecular weight excluding hydrogens is 358 g/mol. The lowest BCUT2D eigenvalue weighted by molar-refractivity contribution is -0.141. The Morgan fingerprint density at radius 3 is 2.65 bits per heavy atom. The summed E-state index contributed by atoms with van der Waals surface area (Å²) in [6.45, 7) is -0.256. The van der Waals surface area contributed by atoms with Crippen LogP contribution in [-0.4, -0.2) is 43.9 Å². The van der Waals surface area contributed by atoms with Crippen molar-refractivity contribution >= 4 is 11.6 Å². The standard InChI is InChI=1S/C15H13F4N5O2/c16-9-1-3-11(4-2-9)26-7-10(25)6-20-13-5-12(15(17,18)19)23-14-21-8-22-24(13)14/h1-5,8,10,20,25H,6-7H2. The fourth-order valence-electron chi connectivity index (χ4n) is 2.09. The van der Waals surface area contributed by atoms with Crippen LogP contribution in [0.1, 0.15) is 5.69 Å². The predicted octanol–water partition coefficient (Wildman–Crippen LogP) is 2.13. The minimum atomic E-state index is -4.64. The SMILES string of the molecule is OC(CNc1cc(C(F)(F)F)nc2ncnn12)COc1ccc(F)cc1.